The quantitative estimate of drug-likeness (QED) is 0.685. The molecule has 0 bridgehead atoms. The van der Waals surface area contributed by atoms with E-state index in [1.54, 1.807) is 6.92 Å². The Balaban J connectivity index is 1.12. The maximum atomic E-state index is 12.9. The third-order valence-corrected chi connectivity index (χ3v) is 8.97. The van der Waals surface area contributed by atoms with Gasteiger partial charge in [0.05, 0.1) is 0 Å². The topological polar surface area (TPSA) is 47.1 Å². The first-order chi connectivity index (χ1) is 14.9. The van der Waals surface area contributed by atoms with Gasteiger partial charge in [-0.3, -0.25) is 14.5 Å². The van der Waals surface area contributed by atoms with Crippen LogP contribution in [-0.2, 0) is 9.59 Å². The Labute approximate surface area is 189 Å². The molecular weight excluding hydrogens is 388 g/mol. The molecule has 1 aliphatic carbocycles. The third-order valence-electron chi connectivity index (χ3n) is 8.97. The molecule has 0 atom stereocenters. The minimum absolute atomic E-state index is 0.238. The van der Waals surface area contributed by atoms with Crippen LogP contribution in [0.15, 0.2) is 0 Å². The van der Waals surface area contributed by atoms with E-state index in [-0.39, 0.29) is 5.91 Å². The largest absolute Gasteiger partial charge is 0.343 e. The number of amides is 2. The highest BCUT2D eigenvalue weighted by molar-refractivity contribution is 5.79. The van der Waals surface area contributed by atoms with E-state index in [0.29, 0.717) is 17.2 Å². The summed E-state index contributed by atoms with van der Waals surface area (Å²) < 4.78 is 0. The molecule has 3 saturated heterocycles. The van der Waals surface area contributed by atoms with Gasteiger partial charge in [-0.05, 0) is 75.8 Å². The number of carbonyl (C=O) groups excluding carboxylic acids is 2. The molecule has 31 heavy (non-hydrogen) atoms. The first-order valence-corrected chi connectivity index (χ1v) is 12.9. The highest BCUT2D eigenvalue weighted by Crippen LogP contribution is 2.41. The van der Waals surface area contributed by atoms with Crippen LogP contribution in [0.2, 0.25) is 0 Å². The van der Waals surface area contributed by atoms with Crippen molar-refractivity contribution in [3.63, 3.8) is 0 Å². The molecule has 6 heteroatoms. The normalized spacial score (nSPS) is 30.5. The van der Waals surface area contributed by atoms with E-state index in [4.69, 9.17) is 0 Å². The zero-order valence-corrected chi connectivity index (χ0v) is 20.0. The van der Waals surface area contributed by atoms with Crippen LogP contribution in [0.1, 0.15) is 65.2 Å². The monoisotopic (exact) mass is 432 g/mol. The predicted octanol–water partition coefficient (Wildman–Crippen LogP) is 2.68. The number of piperidine rings is 2. The highest BCUT2D eigenvalue weighted by Gasteiger charge is 2.38. The van der Waals surface area contributed by atoms with Gasteiger partial charge in [0.2, 0.25) is 11.8 Å². The minimum atomic E-state index is 0.238. The lowest BCUT2D eigenvalue weighted by Crippen LogP contribution is -2.52. The van der Waals surface area contributed by atoms with Crippen LogP contribution >= 0.6 is 0 Å². The van der Waals surface area contributed by atoms with Gasteiger partial charge in [-0.15, -0.1) is 0 Å². The zero-order valence-electron chi connectivity index (χ0n) is 20.0. The fourth-order valence-corrected chi connectivity index (χ4v) is 6.29. The van der Waals surface area contributed by atoms with Crippen LogP contribution in [0.4, 0.5) is 0 Å². The van der Waals surface area contributed by atoms with Crippen molar-refractivity contribution < 1.29 is 9.59 Å². The number of rotatable bonds is 4. The summed E-state index contributed by atoms with van der Waals surface area (Å²) in [5.41, 5.74) is 0.491. The molecular formula is C25H44N4O2. The summed E-state index contributed by atoms with van der Waals surface area (Å²) >= 11 is 0. The summed E-state index contributed by atoms with van der Waals surface area (Å²) in [5.74, 6) is 1.77. The first kappa shape index (κ1) is 23.0. The Morgan fingerprint density at radius 3 is 1.77 bits per heavy atom. The second-order valence-electron chi connectivity index (χ2n) is 11.0. The molecule has 0 radical (unpaired) electrons. The van der Waals surface area contributed by atoms with Crippen molar-refractivity contribution in [2.45, 2.75) is 65.2 Å². The molecule has 0 aromatic heterocycles. The Bertz CT molecular complexity index is 605. The van der Waals surface area contributed by atoms with Crippen LogP contribution in [0.25, 0.3) is 0 Å². The molecule has 1 spiro atoms. The van der Waals surface area contributed by atoms with E-state index in [1.165, 1.54) is 51.6 Å². The van der Waals surface area contributed by atoms with Gasteiger partial charge in [-0.1, -0.05) is 6.92 Å². The molecule has 4 rings (SSSR count). The number of piperazine rings is 1. The van der Waals surface area contributed by atoms with Crippen molar-refractivity contribution in [2.75, 3.05) is 65.4 Å². The third kappa shape index (κ3) is 5.81. The molecule has 3 aliphatic heterocycles. The molecule has 0 unspecified atom stereocenters. The van der Waals surface area contributed by atoms with Gasteiger partial charge in [-0.25, -0.2) is 0 Å². The van der Waals surface area contributed by atoms with Gasteiger partial charge in [-0.2, -0.15) is 0 Å². The van der Waals surface area contributed by atoms with Gasteiger partial charge in [0.1, 0.15) is 0 Å². The molecule has 176 valence electrons. The highest BCUT2D eigenvalue weighted by atomic mass is 16.2. The summed E-state index contributed by atoms with van der Waals surface area (Å²) in [6.07, 6.45) is 9.62. The molecule has 1 saturated carbocycles. The van der Waals surface area contributed by atoms with E-state index in [1.807, 2.05) is 4.90 Å². The summed E-state index contributed by atoms with van der Waals surface area (Å²) in [4.78, 5) is 33.8. The second-order valence-corrected chi connectivity index (χ2v) is 11.0. The second kappa shape index (κ2) is 10.2. The maximum Gasteiger partial charge on any atom is 0.225 e. The van der Waals surface area contributed by atoms with Crippen molar-refractivity contribution in [1.82, 2.24) is 19.6 Å². The molecule has 0 N–H and O–H groups in total. The van der Waals surface area contributed by atoms with Crippen molar-refractivity contribution in [3.05, 3.63) is 0 Å². The van der Waals surface area contributed by atoms with Gasteiger partial charge in [0.15, 0.2) is 0 Å². The summed E-state index contributed by atoms with van der Waals surface area (Å²) in [6, 6.07) is 0. The molecule has 3 heterocycles. The van der Waals surface area contributed by atoms with Gasteiger partial charge < -0.3 is 14.7 Å². The van der Waals surface area contributed by atoms with Crippen molar-refractivity contribution in [3.8, 4) is 0 Å². The minimum Gasteiger partial charge on any atom is -0.343 e. The summed E-state index contributed by atoms with van der Waals surface area (Å²) in [6.45, 7) is 14.5. The lowest BCUT2D eigenvalue weighted by atomic mass is 9.71. The zero-order chi connectivity index (χ0) is 21.8. The Morgan fingerprint density at radius 1 is 0.710 bits per heavy atom. The van der Waals surface area contributed by atoms with Crippen LogP contribution in [0.5, 0.6) is 0 Å². The average Bonchev–Trinajstić information content (AvgIpc) is 2.79. The molecule has 4 fully saturated rings. The SMILES string of the molecule is CC(=O)N1CCC2(CCN(CCN3CCN(C(=O)C4CCC(C)CC4)CC3)CC2)CC1. The maximum absolute atomic E-state index is 12.9. The lowest BCUT2D eigenvalue weighted by molar-refractivity contribution is -0.138. The van der Waals surface area contributed by atoms with Gasteiger partial charge in [0, 0.05) is 65.2 Å². The number of carbonyl (C=O) groups is 2. The molecule has 0 aromatic rings. The molecule has 4 aliphatic rings. The van der Waals surface area contributed by atoms with Crippen molar-refractivity contribution in [2.24, 2.45) is 17.3 Å². The molecule has 2 amide bonds. The van der Waals surface area contributed by atoms with E-state index in [0.717, 1.165) is 71.1 Å². The Kier molecular flexibility index (Phi) is 7.58. The number of hydrogen-bond acceptors (Lipinski definition) is 4. The standard InChI is InChI=1S/C25H44N4O2/c1-21-3-5-23(6-4-21)24(31)29-19-17-27(18-20-29)16-15-26-11-7-25(8-12-26)9-13-28(14-10-25)22(2)30/h21,23H,3-20H2,1-2H3. The smallest absolute Gasteiger partial charge is 0.225 e. The number of hydrogen-bond donors (Lipinski definition) is 0. The van der Waals surface area contributed by atoms with E-state index in [2.05, 4.69) is 21.6 Å². The number of nitrogens with zero attached hydrogens (tertiary/aromatic N) is 4. The fraction of sp³-hybridized carbons (Fsp3) is 0.920. The Morgan fingerprint density at radius 2 is 1.23 bits per heavy atom. The van der Waals surface area contributed by atoms with E-state index < -0.39 is 0 Å². The fourth-order valence-electron chi connectivity index (χ4n) is 6.29. The first-order valence-electron chi connectivity index (χ1n) is 12.9. The predicted molar refractivity (Wildman–Crippen MR) is 124 cm³/mol. The van der Waals surface area contributed by atoms with E-state index in [9.17, 15) is 9.59 Å². The lowest BCUT2D eigenvalue weighted by Gasteiger charge is -2.47. The van der Waals surface area contributed by atoms with E-state index >= 15 is 0 Å². The van der Waals surface area contributed by atoms with Crippen LogP contribution in [-0.4, -0.2) is 96.9 Å². The van der Waals surface area contributed by atoms with Crippen molar-refractivity contribution in [1.29, 1.82) is 0 Å². The molecule has 6 nitrogen and oxygen atoms in total. The number of likely N-dealkylation sites (tertiary alicyclic amines) is 2. The summed E-state index contributed by atoms with van der Waals surface area (Å²) in [5, 5.41) is 0. The Hall–Kier alpha value is -1.14. The van der Waals surface area contributed by atoms with Gasteiger partial charge >= 0.3 is 0 Å². The van der Waals surface area contributed by atoms with Crippen LogP contribution in [0.3, 0.4) is 0 Å². The summed E-state index contributed by atoms with van der Waals surface area (Å²) in [7, 11) is 0. The van der Waals surface area contributed by atoms with Crippen LogP contribution < -0.4 is 0 Å². The van der Waals surface area contributed by atoms with Gasteiger partial charge in [0.25, 0.3) is 0 Å². The van der Waals surface area contributed by atoms with Crippen LogP contribution in [0, 0.1) is 17.3 Å². The van der Waals surface area contributed by atoms with Crippen molar-refractivity contribution >= 4 is 11.8 Å². The average molecular weight is 433 g/mol. The molecule has 0 aromatic carbocycles.